The summed E-state index contributed by atoms with van der Waals surface area (Å²) in [5, 5.41) is 0.840. The van der Waals surface area contributed by atoms with Crippen LogP contribution in [0.2, 0.25) is 0 Å². The SMILES string of the molecule is CCCCCC(=O)OCCOCCOCCOCCOCCOCCOCCBr. The molecule has 0 N–H and O–H groups in total. The third-order valence-electron chi connectivity index (χ3n) is 3.56. The van der Waals surface area contributed by atoms with Crippen molar-refractivity contribution in [3.05, 3.63) is 0 Å². The van der Waals surface area contributed by atoms with Crippen LogP contribution in [0.1, 0.15) is 32.6 Å². The second-order valence-electron chi connectivity index (χ2n) is 6.04. The quantitative estimate of drug-likeness (QED) is 0.117. The maximum absolute atomic E-state index is 11.4. The van der Waals surface area contributed by atoms with E-state index in [1.54, 1.807) is 0 Å². The van der Waals surface area contributed by atoms with Crippen molar-refractivity contribution in [3.8, 4) is 0 Å². The monoisotopic (exact) mass is 486 g/mol. The molecule has 0 saturated heterocycles. The van der Waals surface area contributed by atoms with Crippen molar-refractivity contribution >= 4 is 21.9 Å². The van der Waals surface area contributed by atoms with Crippen LogP contribution in [0, 0.1) is 0 Å². The van der Waals surface area contributed by atoms with E-state index in [0.717, 1.165) is 24.6 Å². The highest BCUT2D eigenvalue weighted by atomic mass is 79.9. The zero-order valence-electron chi connectivity index (χ0n) is 17.9. The van der Waals surface area contributed by atoms with Crippen molar-refractivity contribution in [1.82, 2.24) is 0 Å². The number of carbonyl (C=O) groups is 1. The topological polar surface area (TPSA) is 81.7 Å². The Bertz CT molecular complexity index is 334. The molecule has 0 aromatic rings. The molecule has 0 spiro atoms. The van der Waals surface area contributed by atoms with Gasteiger partial charge in [-0.25, -0.2) is 0 Å². The predicted molar refractivity (Wildman–Crippen MR) is 114 cm³/mol. The first-order valence-electron chi connectivity index (χ1n) is 10.5. The fourth-order valence-electron chi connectivity index (χ4n) is 2.06. The molecular formula is C20H39BrO8. The molecule has 0 heterocycles. The van der Waals surface area contributed by atoms with E-state index in [-0.39, 0.29) is 5.97 Å². The third-order valence-corrected chi connectivity index (χ3v) is 3.88. The van der Waals surface area contributed by atoms with E-state index in [9.17, 15) is 4.79 Å². The Balaban J connectivity index is 3.06. The van der Waals surface area contributed by atoms with Gasteiger partial charge in [0.05, 0.1) is 79.3 Å². The van der Waals surface area contributed by atoms with Crippen molar-refractivity contribution < 1.29 is 38.0 Å². The Morgan fingerprint density at radius 3 is 1.34 bits per heavy atom. The van der Waals surface area contributed by atoms with E-state index in [1.807, 2.05) is 0 Å². The number of unbranched alkanes of at least 4 members (excludes halogenated alkanes) is 2. The van der Waals surface area contributed by atoms with Crippen LogP contribution in [-0.4, -0.2) is 97.2 Å². The summed E-state index contributed by atoms with van der Waals surface area (Å²) in [6.45, 7) is 8.81. The maximum Gasteiger partial charge on any atom is 0.305 e. The van der Waals surface area contributed by atoms with Gasteiger partial charge in [0, 0.05) is 11.8 Å². The van der Waals surface area contributed by atoms with Crippen molar-refractivity contribution in [2.45, 2.75) is 32.6 Å². The lowest BCUT2D eigenvalue weighted by molar-refractivity contribution is -0.145. The van der Waals surface area contributed by atoms with Crippen molar-refractivity contribution in [3.63, 3.8) is 0 Å². The van der Waals surface area contributed by atoms with Gasteiger partial charge in [-0.2, -0.15) is 0 Å². The van der Waals surface area contributed by atoms with Gasteiger partial charge in [-0.1, -0.05) is 35.7 Å². The van der Waals surface area contributed by atoms with Crippen LogP contribution in [0.5, 0.6) is 0 Å². The molecule has 0 bridgehead atoms. The lowest BCUT2D eigenvalue weighted by atomic mass is 10.2. The van der Waals surface area contributed by atoms with Crippen LogP contribution in [0.25, 0.3) is 0 Å². The lowest BCUT2D eigenvalue weighted by Gasteiger charge is -2.08. The molecule has 9 heteroatoms. The zero-order valence-corrected chi connectivity index (χ0v) is 19.5. The van der Waals surface area contributed by atoms with Crippen LogP contribution in [0.4, 0.5) is 0 Å². The molecule has 29 heavy (non-hydrogen) atoms. The van der Waals surface area contributed by atoms with E-state index >= 15 is 0 Å². The Morgan fingerprint density at radius 2 is 0.966 bits per heavy atom. The van der Waals surface area contributed by atoms with Gasteiger partial charge >= 0.3 is 5.97 Å². The molecule has 0 unspecified atom stereocenters. The molecule has 0 amide bonds. The third kappa shape index (κ3) is 25.7. The smallest absolute Gasteiger partial charge is 0.305 e. The van der Waals surface area contributed by atoms with E-state index in [0.29, 0.717) is 92.3 Å². The Hall–Kier alpha value is -0.290. The highest BCUT2D eigenvalue weighted by molar-refractivity contribution is 9.09. The molecule has 0 saturated carbocycles. The average Bonchev–Trinajstić information content (AvgIpc) is 2.72. The predicted octanol–water partition coefficient (Wildman–Crippen LogP) is 2.60. The molecular weight excluding hydrogens is 448 g/mol. The Morgan fingerprint density at radius 1 is 0.586 bits per heavy atom. The second-order valence-corrected chi connectivity index (χ2v) is 6.83. The van der Waals surface area contributed by atoms with E-state index in [2.05, 4.69) is 22.9 Å². The number of halogens is 1. The normalized spacial score (nSPS) is 11.1. The molecule has 0 aliphatic heterocycles. The molecule has 0 fully saturated rings. The van der Waals surface area contributed by atoms with Crippen LogP contribution in [0.15, 0.2) is 0 Å². The van der Waals surface area contributed by atoms with Crippen LogP contribution in [-0.2, 0) is 38.0 Å². The lowest BCUT2D eigenvalue weighted by Crippen LogP contribution is -2.15. The molecule has 0 radical (unpaired) electrons. The summed E-state index contributed by atoms with van der Waals surface area (Å²) in [6, 6.07) is 0. The van der Waals surface area contributed by atoms with Gasteiger partial charge in [0.1, 0.15) is 6.61 Å². The minimum Gasteiger partial charge on any atom is -0.463 e. The number of esters is 1. The van der Waals surface area contributed by atoms with Crippen molar-refractivity contribution in [2.24, 2.45) is 0 Å². The summed E-state index contributed by atoms with van der Waals surface area (Å²) in [5.41, 5.74) is 0. The molecule has 174 valence electrons. The van der Waals surface area contributed by atoms with E-state index in [4.69, 9.17) is 33.2 Å². The fourth-order valence-corrected chi connectivity index (χ4v) is 2.29. The molecule has 0 rings (SSSR count). The standard InChI is InChI=1S/C20H39BrO8/c1-2-3-4-5-20(22)29-19-18-28-17-16-27-15-14-26-13-12-25-11-10-24-9-8-23-7-6-21/h2-19H2,1H3. The summed E-state index contributed by atoms with van der Waals surface area (Å²) in [7, 11) is 0. The maximum atomic E-state index is 11.4. The summed E-state index contributed by atoms with van der Waals surface area (Å²) in [6.07, 6.45) is 3.53. The second kappa shape index (κ2) is 25.7. The molecule has 0 aliphatic rings. The van der Waals surface area contributed by atoms with Gasteiger partial charge in [-0.05, 0) is 6.42 Å². The fraction of sp³-hybridized carbons (Fsp3) is 0.950. The van der Waals surface area contributed by atoms with Gasteiger partial charge in [-0.3, -0.25) is 4.79 Å². The minimum absolute atomic E-state index is 0.151. The number of hydrogen-bond donors (Lipinski definition) is 0. The Kier molecular flexibility index (Phi) is 25.5. The van der Waals surface area contributed by atoms with Gasteiger partial charge in [0.2, 0.25) is 0 Å². The first-order chi connectivity index (χ1) is 14.3. The number of ether oxygens (including phenoxy) is 7. The number of rotatable bonds is 24. The summed E-state index contributed by atoms with van der Waals surface area (Å²) >= 11 is 3.29. The van der Waals surface area contributed by atoms with Crippen LogP contribution in [0.3, 0.4) is 0 Å². The molecule has 0 aliphatic carbocycles. The van der Waals surface area contributed by atoms with Crippen LogP contribution < -0.4 is 0 Å². The minimum atomic E-state index is -0.151. The summed E-state index contributed by atoms with van der Waals surface area (Å²) < 4.78 is 37.2. The molecule has 0 aromatic heterocycles. The summed E-state index contributed by atoms with van der Waals surface area (Å²) in [4.78, 5) is 11.4. The average molecular weight is 487 g/mol. The Labute approximate surface area is 183 Å². The van der Waals surface area contributed by atoms with Crippen molar-refractivity contribution in [2.75, 3.05) is 91.2 Å². The van der Waals surface area contributed by atoms with Crippen molar-refractivity contribution in [1.29, 1.82) is 0 Å². The first-order valence-corrected chi connectivity index (χ1v) is 11.6. The summed E-state index contributed by atoms with van der Waals surface area (Å²) in [5.74, 6) is -0.151. The zero-order chi connectivity index (χ0) is 21.3. The van der Waals surface area contributed by atoms with Crippen LogP contribution >= 0.6 is 15.9 Å². The first kappa shape index (κ1) is 28.7. The van der Waals surface area contributed by atoms with E-state index in [1.165, 1.54) is 0 Å². The van der Waals surface area contributed by atoms with E-state index < -0.39 is 0 Å². The van der Waals surface area contributed by atoms with Gasteiger partial charge in [-0.15, -0.1) is 0 Å². The highest BCUT2D eigenvalue weighted by Crippen LogP contribution is 2.00. The largest absolute Gasteiger partial charge is 0.463 e. The molecule has 0 atom stereocenters. The molecule has 8 nitrogen and oxygen atoms in total. The number of hydrogen-bond acceptors (Lipinski definition) is 8. The van der Waals surface area contributed by atoms with Gasteiger partial charge in [0.15, 0.2) is 0 Å². The van der Waals surface area contributed by atoms with Gasteiger partial charge in [0.25, 0.3) is 0 Å². The number of alkyl halides is 1. The highest BCUT2D eigenvalue weighted by Gasteiger charge is 2.01. The molecule has 0 aromatic carbocycles. The van der Waals surface area contributed by atoms with Gasteiger partial charge < -0.3 is 33.2 Å². The number of carbonyl (C=O) groups excluding carboxylic acids is 1.